The van der Waals surface area contributed by atoms with Gasteiger partial charge < -0.3 is 10.6 Å². The van der Waals surface area contributed by atoms with E-state index in [9.17, 15) is 14.4 Å². The molecule has 0 aromatic rings. The molecule has 1 fully saturated rings. The van der Waals surface area contributed by atoms with Gasteiger partial charge >= 0.3 is 0 Å². The van der Waals surface area contributed by atoms with Gasteiger partial charge in [0.1, 0.15) is 6.04 Å². The Balaban J connectivity index is 2.16. The molecule has 2 heterocycles. The Morgan fingerprint density at radius 2 is 2.12 bits per heavy atom. The first kappa shape index (κ1) is 11.4. The van der Waals surface area contributed by atoms with E-state index in [1.54, 1.807) is 0 Å². The number of carbonyl (C=O) groups excluding carboxylic acids is 3. The maximum absolute atomic E-state index is 11.9. The predicted octanol–water partition coefficient (Wildman–Crippen LogP) is -0.967. The summed E-state index contributed by atoms with van der Waals surface area (Å²) in [7, 11) is 0. The van der Waals surface area contributed by atoms with Crippen LogP contribution < -0.4 is 11.1 Å². The summed E-state index contributed by atoms with van der Waals surface area (Å²) < 4.78 is 0. The zero-order valence-corrected chi connectivity index (χ0v) is 9.23. The number of nitrogens with two attached hydrogens (primary N) is 1. The molecular formula is C11H13N3O3. The van der Waals surface area contributed by atoms with Gasteiger partial charge in [-0.25, -0.2) is 0 Å². The molecule has 17 heavy (non-hydrogen) atoms. The molecule has 2 aliphatic rings. The van der Waals surface area contributed by atoms with E-state index in [0.29, 0.717) is 17.7 Å². The fourth-order valence-electron chi connectivity index (χ4n) is 2.08. The molecule has 0 aromatic heterocycles. The van der Waals surface area contributed by atoms with Gasteiger partial charge in [-0.2, -0.15) is 0 Å². The number of hydrogen-bond acceptors (Lipinski definition) is 4. The van der Waals surface area contributed by atoms with Crippen molar-refractivity contribution >= 4 is 17.7 Å². The van der Waals surface area contributed by atoms with E-state index in [0.717, 1.165) is 0 Å². The highest BCUT2D eigenvalue weighted by atomic mass is 16.2. The molecule has 6 nitrogen and oxygen atoms in total. The van der Waals surface area contributed by atoms with Gasteiger partial charge in [0.05, 0.1) is 12.1 Å². The predicted molar refractivity (Wildman–Crippen MR) is 59.3 cm³/mol. The van der Waals surface area contributed by atoms with Gasteiger partial charge in [0.15, 0.2) is 0 Å². The molecule has 0 aliphatic carbocycles. The molecule has 0 spiro atoms. The molecule has 6 heteroatoms. The topological polar surface area (TPSA) is 92.5 Å². The highest BCUT2D eigenvalue weighted by Gasteiger charge is 2.38. The molecule has 0 bridgehead atoms. The highest BCUT2D eigenvalue weighted by Crippen LogP contribution is 2.22. The maximum atomic E-state index is 11.9. The number of amides is 3. The Labute approximate surface area is 98.1 Å². The minimum absolute atomic E-state index is 0.215. The summed E-state index contributed by atoms with van der Waals surface area (Å²) in [5.74, 6) is -1.04. The number of imide groups is 1. The van der Waals surface area contributed by atoms with Crippen molar-refractivity contribution < 1.29 is 14.4 Å². The standard InChI is InChI=1S/C11H13N3O3/c1-2-6-7(12)5-14(11(6)17)8-3-4-9(15)13-10(8)16/h2,8H,1,3-5,12H2,(H,13,15,16). The van der Waals surface area contributed by atoms with Crippen LogP contribution in [0, 0.1) is 0 Å². The van der Waals surface area contributed by atoms with E-state index >= 15 is 0 Å². The Morgan fingerprint density at radius 1 is 1.41 bits per heavy atom. The molecule has 3 amide bonds. The molecule has 1 unspecified atom stereocenters. The fourth-order valence-corrected chi connectivity index (χ4v) is 2.08. The molecule has 1 saturated heterocycles. The zero-order valence-electron chi connectivity index (χ0n) is 9.23. The number of rotatable bonds is 2. The van der Waals surface area contributed by atoms with Crippen molar-refractivity contribution in [2.75, 3.05) is 6.54 Å². The van der Waals surface area contributed by atoms with Crippen LogP contribution >= 0.6 is 0 Å². The lowest BCUT2D eigenvalue weighted by Crippen LogP contribution is -2.53. The summed E-state index contributed by atoms with van der Waals surface area (Å²) >= 11 is 0. The second-order valence-corrected chi connectivity index (χ2v) is 4.04. The van der Waals surface area contributed by atoms with E-state index in [4.69, 9.17) is 5.73 Å². The number of hydrogen-bond donors (Lipinski definition) is 2. The third-order valence-electron chi connectivity index (χ3n) is 2.97. The molecule has 0 radical (unpaired) electrons. The number of nitrogens with one attached hydrogen (secondary N) is 1. The average molecular weight is 235 g/mol. The summed E-state index contributed by atoms with van der Waals surface area (Å²) in [6, 6.07) is -0.615. The molecule has 0 saturated carbocycles. The fraction of sp³-hybridized carbons (Fsp3) is 0.364. The summed E-state index contributed by atoms with van der Waals surface area (Å²) in [6.07, 6.45) is 1.97. The van der Waals surface area contributed by atoms with Crippen molar-refractivity contribution in [3.05, 3.63) is 23.9 Å². The lowest BCUT2D eigenvalue weighted by Gasteiger charge is -2.29. The van der Waals surface area contributed by atoms with Crippen molar-refractivity contribution in [3.63, 3.8) is 0 Å². The van der Waals surface area contributed by atoms with E-state index in [1.165, 1.54) is 11.0 Å². The minimum atomic E-state index is -0.615. The summed E-state index contributed by atoms with van der Waals surface area (Å²) in [5, 5.41) is 2.22. The van der Waals surface area contributed by atoms with Crippen LogP contribution in [0.4, 0.5) is 0 Å². The maximum Gasteiger partial charge on any atom is 0.256 e. The van der Waals surface area contributed by atoms with Gasteiger partial charge in [0.25, 0.3) is 5.91 Å². The summed E-state index contributed by atoms with van der Waals surface area (Å²) in [5.41, 5.74) is 6.45. The summed E-state index contributed by atoms with van der Waals surface area (Å²) in [6.45, 7) is 3.73. The van der Waals surface area contributed by atoms with Crippen LogP contribution in [0.3, 0.4) is 0 Å². The van der Waals surface area contributed by atoms with Crippen LogP contribution in [0.25, 0.3) is 0 Å². The smallest absolute Gasteiger partial charge is 0.256 e. The Bertz CT molecular complexity index is 453. The lowest BCUT2D eigenvalue weighted by molar-refractivity contribution is -0.142. The normalized spacial score (nSPS) is 25.3. The van der Waals surface area contributed by atoms with Crippen LogP contribution in [0.1, 0.15) is 12.8 Å². The van der Waals surface area contributed by atoms with E-state index < -0.39 is 11.9 Å². The molecular weight excluding hydrogens is 222 g/mol. The third kappa shape index (κ3) is 1.82. The van der Waals surface area contributed by atoms with Crippen molar-refractivity contribution in [1.29, 1.82) is 0 Å². The van der Waals surface area contributed by atoms with Crippen molar-refractivity contribution in [2.45, 2.75) is 18.9 Å². The molecule has 0 aromatic carbocycles. The van der Waals surface area contributed by atoms with Gasteiger partial charge in [0, 0.05) is 12.1 Å². The summed E-state index contributed by atoms with van der Waals surface area (Å²) in [4.78, 5) is 35.9. The van der Waals surface area contributed by atoms with Crippen molar-refractivity contribution in [1.82, 2.24) is 10.2 Å². The van der Waals surface area contributed by atoms with Gasteiger partial charge in [-0.05, 0) is 6.42 Å². The molecule has 3 N–H and O–H groups in total. The first-order valence-electron chi connectivity index (χ1n) is 5.30. The number of nitrogens with zero attached hydrogens (tertiary/aromatic N) is 1. The molecule has 2 aliphatic heterocycles. The molecule has 2 rings (SSSR count). The first-order valence-corrected chi connectivity index (χ1v) is 5.30. The second-order valence-electron chi connectivity index (χ2n) is 4.04. The third-order valence-corrected chi connectivity index (χ3v) is 2.97. The average Bonchev–Trinajstić information content (AvgIpc) is 2.54. The van der Waals surface area contributed by atoms with E-state index in [2.05, 4.69) is 11.9 Å². The SMILES string of the molecule is C=CC1=C(N)CN(C2CCC(=O)NC2=O)C1=O. The van der Waals surface area contributed by atoms with Crippen molar-refractivity contribution in [3.8, 4) is 0 Å². The van der Waals surface area contributed by atoms with Gasteiger partial charge in [0.2, 0.25) is 11.8 Å². The number of carbonyl (C=O) groups is 3. The van der Waals surface area contributed by atoms with Crippen molar-refractivity contribution in [2.24, 2.45) is 5.73 Å². The van der Waals surface area contributed by atoms with Gasteiger partial charge in [-0.3, -0.25) is 19.7 Å². The Kier molecular flexibility index (Phi) is 2.71. The van der Waals surface area contributed by atoms with Crippen LogP contribution in [-0.4, -0.2) is 35.2 Å². The lowest BCUT2D eigenvalue weighted by atomic mass is 10.0. The molecule has 90 valence electrons. The number of piperidine rings is 1. The van der Waals surface area contributed by atoms with E-state index in [1.807, 2.05) is 0 Å². The second kappa shape index (κ2) is 4.04. The zero-order chi connectivity index (χ0) is 12.6. The highest BCUT2D eigenvalue weighted by molar-refractivity contribution is 6.05. The Morgan fingerprint density at radius 3 is 2.65 bits per heavy atom. The van der Waals surface area contributed by atoms with Crippen LogP contribution in [0.15, 0.2) is 23.9 Å². The molecule has 1 atom stereocenters. The van der Waals surface area contributed by atoms with Crippen LogP contribution in [0.2, 0.25) is 0 Å². The van der Waals surface area contributed by atoms with Gasteiger partial charge in [-0.15, -0.1) is 0 Å². The van der Waals surface area contributed by atoms with Gasteiger partial charge in [-0.1, -0.05) is 12.7 Å². The largest absolute Gasteiger partial charge is 0.400 e. The minimum Gasteiger partial charge on any atom is -0.400 e. The quantitative estimate of drug-likeness (QED) is 0.602. The van der Waals surface area contributed by atoms with E-state index in [-0.39, 0.29) is 24.8 Å². The van der Waals surface area contributed by atoms with Crippen LogP contribution in [-0.2, 0) is 14.4 Å². The van der Waals surface area contributed by atoms with Crippen LogP contribution in [0.5, 0.6) is 0 Å². The monoisotopic (exact) mass is 235 g/mol. The Hall–Kier alpha value is -2.11. The first-order chi connectivity index (χ1) is 8.04.